The van der Waals surface area contributed by atoms with Crippen molar-refractivity contribution in [2.45, 2.75) is 18.4 Å². The van der Waals surface area contributed by atoms with Gasteiger partial charge in [0.2, 0.25) is 10.0 Å². The molecular weight excluding hydrogens is 406 g/mol. The molecule has 3 rings (SSSR count). The van der Waals surface area contributed by atoms with Crippen LogP contribution in [0.1, 0.15) is 16.0 Å². The van der Waals surface area contributed by atoms with Crippen molar-refractivity contribution >= 4 is 33.5 Å². The second-order valence-corrected chi connectivity index (χ2v) is 9.30. The molecule has 29 heavy (non-hydrogen) atoms. The maximum absolute atomic E-state index is 13.2. The topological polar surface area (TPSA) is 78.8 Å². The fraction of sp³-hybridized carbons (Fsp3) is 0.143. The highest BCUT2D eigenvalue weighted by Gasteiger charge is 2.26. The summed E-state index contributed by atoms with van der Waals surface area (Å²) in [6.45, 7) is 1.63. The van der Waals surface area contributed by atoms with Crippen LogP contribution < -0.4 is 5.43 Å². The zero-order chi connectivity index (χ0) is 20.7. The van der Waals surface area contributed by atoms with Gasteiger partial charge < -0.3 is 0 Å². The minimum atomic E-state index is -3.86. The van der Waals surface area contributed by atoms with Gasteiger partial charge in [0.05, 0.1) is 17.7 Å². The lowest BCUT2D eigenvalue weighted by Gasteiger charge is -2.21. The average molecular weight is 428 g/mol. The first kappa shape index (κ1) is 20.9. The third-order valence-electron chi connectivity index (χ3n) is 4.10. The highest BCUT2D eigenvalue weighted by Crippen LogP contribution is 2.19. The van der Waals surface area contributed by atoms with E-state index in [1.54, 1.807) is 24.3 Å². The number of sulfonamides is 1. The minimum absolute atomic E-state index is 0.0824. The monoisotopic (exact) mass is 427 g/mol. The van der Waals surface area contributed by atoms with Gasteiger partial charge in [-0.15, -0.1) is 11.3 Å². The number of hydrogen-bond donors (Lipinski definition) is 1. The molecule has 0 aliphatic rings. The third kappa shape index (κ3) is 5.83. The number of benzene rings is 2. The minimum Gasteiger partial charge on any atom is -0.272 e. The fourth-order valence-electron chi connectivity index (χ4n) is 2.60. The van der Waals surface area contributed by atoms with Crippen molar-refractivity contribution in [1.82, 2.24) is 9.73 Å². The molecule has 3 aromatic rings. The molecule has 1 heterocycles. The molecule has 150 valence electrons. The average Bonchev–Trinajstić information content (AvgIpc) is 3.22. The molecule has 1 amide bonds. The second kappa shape index (κ2) is 9.60. The Kier molecular flexibility index (Phi) is 6.92. The summed E-state index contributed by atoms with van der Waals surface area (Å²) in [5, 5.41) is 5.81. The number of carbonyl (C=O) groups is 1. The summed E-state index contributed by atoms with van der Waals surface area (Å²) in [5.41, 5.74) is 4.15. The Labute approximate surface area is 174 Å². The van der Waals surface area contributed by atoms with Crippen molar-refractivity contribution in [1.29, 1.82) is 0 Å². The van der Waals surface area contributed by atoms with Gasteiger partial charge in [0.15, 0.2) is 0 Å². The van der Waals surface area contributed by atoms with E-state index in [-0.39, 0.29) is 18.0 Å². The zero-order valence-corrected chi connectivity index (χ0v) is 17.5. The number of aryl methyl sites for hydroxylation is 1. The lowest BCUT2D eigenvalue weighted by atomic mass is 10.2. The van der Waals surface area contributed by atoms with E-state index in [0.29, 0.717) is 0 Å². The number of rotatable bonds is 8. The number of nitrogens with one attached hydrogen (secondary N) is 1. The molecule has 0 unspecified atom stereocenters. The van der Waals surface area contributed by atoms with Crippen LogP contribution >= 0.6 is 11.3 Å². The molecule has 0 aliphatic heterocycles. The van der Waals surface area contributed by atoms with E-state index in [4.69, 9.17) is 0 Å². The summed E-state index contributed by atoms with van der Waals surface area (Å²) in [6, 6.07) is 19.5. The number of amides is 1. The van der Waals surface area contributed by atoms with Crippen LogP contribution in [0.5, 0.6) is 0 Å². The van der Waals surface area contributed by atoms with Gasteiger partial charge in [-0.2, -0.15) is 9.41 Å². The van der Waals surface area contributed by atoms with E-state index in [1.165, 1.54) is 17.6 Å². The normalized spacial score (nSPS) is 11.8. The molecule has 1 N–H and O–H groups in total. The lowest BCUT2D eigenvalue weighted by Crippen LogP contribution is -2.39. The highest BCUT2D eigenvalue weighted by molar-refractivity contribution is 7.89. The molecule has 8 heteroatoms. The van der Waals surface area contributed by atoms with Crippen LogP contribution in [0, 0.1) is 6.92 Å². The summed E-state index contributed by atoms with van der Waals surface area (Å²) in [6.07, 6.45) is 1.53. The standard InChI is InChI=1S/C21H21N3O3S2/c1-17-9-11-20(12-10-17)29(26,27)24(15-18-6-3-2-4-7-18)16-21(25)23-22-14-19-8-5-13-28-19/h2-14H,15-16H2,1H3,(H,23,25)/b22-14-. The van der Waals surface area contributed by atoms with E-state index in [9.17, 15) is 13.2 Å². The zero-order valence-electron chi connectivity index (χ0n) is 15.9. The van der Waals surface area contributed by atoms with Gasteiger partial charge in [0.25, 0.3) is 5.91 Å². The van der Waals surface area contributed by atoms with Gasteiger partial charge in [-0.25, -0.2) is 13.8 Å². The van der Waals surface area contributed by atoms with E-state index < -0.39 is 15.9 Å². The predicted octanol–water partition coefficient (Wildman–Crippen LogP) is 3.40. The molecular formula is C21H21N3O3S2. The lowest BCUT2D eigenvalue weighted by molar-refractivity contribution is -0.121. The first-order chi connectivity index (χ1) is 13.9. The van der Waals surface area contributed by atoms with Crippen molar-refractivity contribution in [3.8, 4) is 0 Å². The third-order valence-corrected chi connectivity index (χ3v) is 6.72. The van der Waals surface area contributed by atoms with Crippen molar-refractivity contribution in [3.05, 3.63) is 88.1 Å². The smallest absolute Gasteiger partial charge is 0.255 e. The van der Waals surface area contributed by atoms with E-state index in [0.717, 1.165) is 20.3 Å². The molecule has 1 aromatic heterocycles. The van der Waals surface area contributed by atoms with Gasteiger partial charge in [-0.1, -0.05) is 54.1 Å². The summed E-state index contributed by atoms with van der Waals surface area (Å²) < 4.78 is 27.5. The maximum Gasteiger partial charge on any atom is 0.255 e. The van der Waals surface area contributed by atoms with Crippen LogP contribution in [0.4, 0.5) is 0 Å². The Morgan fingerprint density at radius 1 is 1.07 bits per heavy atom. The fourth-order valence-corrected chi connectivity index (χ4v) is 4.57. The van der Waals surface area contributed by atoms with Crippen molar-refractivity contribution in [2.75, 3.05) is 6.54 Å². The van der Waals surface area contributed by atoms with Crippen LogP contribution in [0.3, 0.4) is 0 Å². The Bertz CT molecular complexity index is 1060. The van der Waals surface area contributed by atoms with Gasteiger partial charge in [-0.05, 0) is 36.1 Å². The first-order valence-electron chi connectivity index (χ1n) is 8.91. The first-order valence-corrected chi connectivity index (χ1v) is 11.2. The molecule has 0 saturated carbocycles. The Balaban J connectivity index is 1.78. The van der Waals surface area contributed by atoms with Gasteiger partial charge in [0.1, 0.15) is 0 Å². The molecule has 6 nitrogen and oxygen atoms in total. The van der Waals surface area contributed by atoms with E-state index in [2.05, 4.69) is 10.5 Å². The Morgan fingerprint density at radius 3 is 2.45 bits per heavy atom. The highest BCUT2D eigenvalue weighted by atomic mass is 32.2. The van der Waals surface area contributed by atoms with Crippen LogP contribution in [0.2, 0.25) is 0 Å². The van der Waals surface area contributed by atoms with Gasteiger partial charge in [0, 0.05) is 11.4 Å². The second-order valence-electron chi connectivity index (χ2n) is 6.38. The molecule has 0 spiro atoms. The van der Waals surface area contributed by atoms with Crippen molar-refractivity contribution < 1.29 is 13.2 Å². The van der Waals surface area contributed by atoms with E-state index in [1.807, 2.05) is 54.8 Å². The summed E-state index contributed by atoms with van der Waals surface area (Å²) >= 11 is 1.49. The number of thiophene rings is 1. The quantitative estimate of drug-likeness (QED) is 0.442. The maximum atomic E-state index is 13.2. The molecule has 0 fully saturated rings. The summed E-state index contributed by atoms with van der Waals surface area (Å²) in [4.78, 5) is 13.4. The molecule has 0 radical (unpaired) electrons. The number of hydrazone groups is 1. The Morgan fingerprint density at radius 2 is 1.79 bits per heavy atom. The molecule has 0 aliphatic carbocycles. The number of nitrogens with zero attached hydrogens (tertiary/aromatic N) is 2. The Hall–Kier alpha value is -2.81. The van der Waals surface area contributed by atoms with Crippen molar-refractivity contribution in [3.63, 3.8) is 0 Å². The predicted molar refractivity (Wildman–Crippen MR) is 115 cm³/mol. The summed E-state index contributed by atoms with van der Waals surface area (Å²) in [7, 11) is -3.86. The SMILES string of the molecule is Cc1ccc(S(=O)(=O)N(CC(=O)N/N=C\c2cccs2)Cc2ccccc2)cc1. The largest absolute Gasteiger partial charge is 0.272 e. The molecule has 0 bridgehead atoms. The van der Waals surface area contributed by atoms with Crippen LogP contribution in [-0.4, -0.2) is 31.4 Å². The van der Waals surface area contributed by atoms with Crippen LogP contribution in [0.25, 0.3) is 0 Å². The molecule has 0 saturated heterocycles. The van der Waals surface area contributed by atoms with Crippen LogP contribution in [0.15, 0.2) is 82.1 Å². The van der Waals surface area contributed by atoms with Gasteiger partial charge in [-0.3, -0.25) is 4.79 Å². The van der Waals surface area contributed by atoms with E-state index >= 15 is 0 Å². The van der Waals surface area contributed by atoms with Crippen LogP contribution in [-0.2, 0) is 21.4 Å². The molecule has 0 atom stereocenters. The number of carbonyl (C=O) groups excluding carboxylic acids is 1. The summed E-state index contributed by atoms with van der Waals surface area (Å²) in [5.74, 6) is -0.510. The molecule has 2 aromatic carbocycles. The van der Waals surface area contributed by atoms with Crippen molar-refractivity contribution in [2.24, 2.45) is 5.10 Å². The van der Waals surface area contributed by atoms with Gasteiger partial charge >= 0.3 is 0 Å². The number of hydrogen-bond acceptors (Lipinski definition) is 5.